The predicted molar refractivity (Wildman–Crippen MR) is 119 cm³/mol. The lowest BCUT2D eigenvalue weighted by Crippen LogP contribution is -2.29. The van der Waals surface area contributed by atoms with Gasteiger partial charge >= 0.3 is 0 Å². The average Bonchev–Trinajstić information content (AvgIpc) is 3.08. The molecule has 0 aliphatic heterocycles. The van der Waals surface area contributed by atoms with E-state index in [0.717, 1.165) is 34.4 Å². The van der Waals surface area contributed by atoms with Crippen molar-refractivity contribution in [2.75, 3.05) is 24.6 Å². The van der Waals surface area contributed by atoms with Gasteiger partial charge in [0.2, 0.25) is 5.91 Å². The van der Waals surface area contributed by atoms with Crippen molar-refractivity contribution in [3.8, 4) is 5.75 Å². The van der Waals surface area contributed by atoms with Crippen LogP contribution in [0.3, 0.4) is 0 Å². The van der Waals surface area contributed by atoms with Gasteiger partial charge in [0.15, 0.2) is 5.16 Å². The molecule has 1 aliphatic carbocycles. The fraction of sp³-hybridized carbons (Fsp3) is 0.381. The van der Waals surface area contributed by atoms with Gasteiger partial charge in [-0.1, -0.05) is 23.9 Å². The summed E-state index contributed by atoms with van der Waals surface area (Å²) >= 11 is 3.03. The summed E-state index contributed by atoms with van der Waals surface area (Å²) in [5.41, 5.74) is 8.70. The van der Waals surface area contributed by atoms with E-state index in [4.69, 9.17) is 10.5 Å². The first-order chi connectivity index (χ1) is 14.1. The van der Waals surface area contributed by atoms with Crippen molar-refractivity contribution >= 4 is 45.0 Å². The number of nitrogens with one attached hydrogen (secondary N) is 1. The average molecular weight is 429 g/mol. The molecule has 3 N–H and O–H groups in total. The zero-order valence-electron chi connectivity index (χ0n) is 16.4. The van der Waals surface area contributed by atoms with E-state index in [1.807, 2.05) is 31.2 Å². The van der Waals surface area contributed by atoms with E-state index in [1.165, 1.54) is 35.0 Å². The van der Waals surface area contributed by atoms with Crippen LogP contribution >= 0.6 is 23.1 Å². The molecule has 6 nitrogen and oxygen atoms in total. The standard InChI is InChI=1S/C21H24N4O2S2/c1-13-5-4-6-14(11-13)27-10-9-23-17(26)12-28-21-24-19(22)18-15-7-2-3-8-16(15)29-20(18)25-21/h4-6,11H,2-3,7-10,12H2,1H3,(H,23,26)(H2,22,24,25). The van der Waals surface area contributed by atoms with E-state index in [1.54, 1.807) is 11.3 Å². The highest BCUT2D eigenvalue weighted by molar-refractivity contribution is 7.99. The molecular weight excluding hydrogens is 404 g/mol. The van der Waals surface area contributed by atoms with E-state index < -0.39 is 0 Å². The van der Waals surface area contributed by atoms with Crippen LogP contribution in [-0.4, -0.2) is 34.8 Å². The van der Waals surface area contributed by atoms with Gasteiger partial charge < -0.3 is 15.8 Å². The molecular formula is C21H24N4O2S2. The smallest absolute Gasteiger partial charge is 0.230 e. The largest absolute Gasteiger partial charge is 0.492 e. The molecule has 0 unspecified atom stereocenters. The minimum absolute atomic E-state index is 0.0735. The molecule has 4 rings (SSSR count). The first kappa shape index (κ1) is 20.0. The Hall–Kier alpha value is -2.32. The lowest BCUT2D eigenvalue weighted by atomic mass is 9.97. The number of nitrogens with zero attached hydrogens (tertiary/aromatic N) is 2. The molecule has 29 heavy (non-hydrogen) atoms. The number of ether oxygens (including phenoxy) is 1. The first-order valence-electron chi connectivity index (χ1n) is 9.77. The van der Waals surface area contributed by atoms with E-state index in [2.05, 4.69) is 15.3 Å². The minimum atomic E-state index is -0.0735. The molecule has 0 radical (unpaired) electrons. The summed E-state index contributed by atoms with van der Waals surface area (Å²) in [5.74, 6) is 1.52. The molecule has 1 aromatic carbocycles. The minimum Gasteiger partial charge on any atom is -0.492 e. The number of nitrogen functional groups attached to an aromatic ring is 1. The number of anilines is 1. The Morgan fingerprint density at radius 2 is 2.17 bits per heavy atom. The second-order valence-corrected chi connectivity index (χ2v) is 9.11. The fourth-order valence-electron chi connectivity index (χ4n) is 3.48. The van der Waals surface area contributed by atoms with E-state index >= 15 is 0 Å². The van der Waals surface area contributed by atoms with E-state index in [-0.39, 0.29) is 11.7 Å². The van der Waals surface area contributed by atoms with Gasteiger partial charge in [-0.15, -0.1) is 11.3 Å². The summed E-state index contributed by atoms with van der Waals surface area (Å²) in [7, 11) is 0. The van der Waals surface area contributed by atoms with Gasteiger partial charge in [0, 0.05) is 4.88 Å². The Labute approximate surface area is 178 Å². The number of aryl methyl sites for hydroxylation is 3. The molecule has 0 atom stereocenters. The topological polar surface area (TPSA) is 90.1 Å². The zero-order chi connectivity index (χ0) is 20.2. The summed E-state index contributed by atoms with van der Waals surface area (Å²) in [5, 5.41) is 4.44. The van der Waals surface area contributed by atoms with Gasteiger partial charge in [-0.2, -0.15) is 0 Å². The van der Waals surface area contributed by atoms with Crippen LogP contribution in [0.15, 0.2) is 29.4 Å². The van der Waals surface area contributed by atoms with Crippen LogP contribution in [0.5, 0.6) is 5.75 Å². The van der Waals surface area contributed by atoms with Gasteiger partial charge in [0.05, 0.1) is 17.7 Å². The SMILES string of the molecule is Cc1cccc(OCCNC(=O)CSc2nc(N)c3c4c(sc3n2)CCCC4)c1. The van der Waals surface area contributed by atoms with Crippen molar-refractivity contribution in [1.82, 2.24) is 15.3 Å². The second kappa shape index (κ2) is 9.00. The highest BCUT2D eigenvalue weighted by atomic mass is 32.2. The van der Waals surface area contributed by atoms with Crippen molar-refractivity contribution in [2.24, 2.45) is 0 Å². The highest BCUT2D eigenvalue weighted by Gasteiger charge is 2.20. The Balaban J connectivity index is 1.28. The first-order valence-corrected chi connectivity index (χ1v) is 11.6. The predicted octanol–water partition coefficient (Wildman–Crippen LogP) is 3.75. The third-order valence-corrected chi connectivity index (χ3v) is 6.87. The lowest BCUT2D eigenvalue weighted by Gasteiger charge is -2.10. The van der Waals surface area contributed by atoms with Crippen LogP contribution in [0.1, 0.15) is 28.8 Å². The number of aromatic nitrogens is 2. The monoisotopic (exact) mass is 428 g/mol. The molecule has 8 heteroatoms. The quantitative estimate of drug-likeness (QED) is 0.338. The van der Waals surface area contributed by atoms with Crippen molar-refractivity contribution in [1.29, 1.82) is 0 Å². The molecule has 0 fully saturated rings. The Morgan fingerprint density at radius 1 is 1.31 bits per heavy atom. The fourth-order valence-corrected chi connectivity index (χ4v) is 5.48. The summed E-state index contributed by atoms with van der Waals surface area (Å²) in [6, 6.07) is 7.85. The lowest BCUT2D eigenvalue weighted by molar-refractivity contribution is -0.118. The van der Waals surface area contributed by atoms with Gasteiger partial charge in [0.1, 0.15) is 23.0 Å². The van der Waals surface area contributed by atoms with Gasteiger partial charge in [-0.3, -0.25) is 4.79 Å². The maximum absolute atomic E-state index is 12.1. The number of carbonyl (C=O) groups is 1. The van der Waals surface area contributed by atoms with Gasteiger partial charge in [-0.25, -0.2) is 9.97 Å². The number of thioether (sulfide) groups is 1. The number of carbonyl (C=O) groups excluding carboxylic acids is 1. The summed E-state index contributed by atoms with van der Waals surface area (Å²) in [4.78, 5) is 23.5. The Bertz CT molecular complexity index is 1030. The third kappa shape index (κ3) is 4.82. The van der Waals surface area contributed by atoms with Crippen LogP contribution < -0.4 is 15.8 Å². The maximum Gasteiger partial charge on any atom is 0.230 e. The van der Waals surface area contributed by atoms with E-state index in [9.17, 15) is 4.79 Å². The van der Waals surface area contributed by atoms with Crippen LogP contribution in [0.25, 0.3) is 10.2 Å². The Morgan fingerprint density at radius 3 is 3.03 bits per heavy atom. The summed E-state index contributed by atoms with van der Waals surface area (Å²) in [6.45, 7) is 2.90. The van der Waals surface area contributed by atoms with Crippen molar-refractivity contribution < 1.29 is 9.53 Å². The molecule has 2 aromatic heterocycles. The summed E-state index contributed by atoms with van der Waals surface area (Å²) < 4.78 is 5.64. The maximum atomic E-state index is 12.1. The number of rotatable bonds is 7. The van der Waals surface area contributed by atoms with Crippen LogP contribution in [0.4, 0.5) is 5.82 Å². The molecule has 0 bridgehead atoms. The summed E-state index contributed by atoms with van der Waals surface area (Å²) in [6.07, 6.45) is 4.58. The number of thiophene rings is 1. The Kier molecular flexibility index (Phi) is 6.20. The van der Waals surface area contributed by atoms with Crippen molar-refractivity contribution in [3.05, 3.63) is 40.3 Å². The molecule has 0 spiro atoms. The highest BCUT2D eigenvalue weighted by Crippen LogP contribution is 2.38. The van der Waals surface area contributed by atoms with Crippen molar-refractivity contribution in [3.63, 3.8) is 0 Å². The molecule has 1 amide bonds. The molecule has 0 saturated carbocycles. The molecule has 152 valence electrons. The zero-order valence-corrected chi connectivity index (χ0v) is 18.0. The van der Waals surface area contributed by atoms with Crippen LogP contribution in [0.2, 0.25) is 0 Å². The third-order valence-electron chi connectivity index (χ3n) is 4.84. The normalized spacial score (nSPS) is 13.3. The number of nitrogens with two attached hydrogens (primary N) is 1. The van der Waals surface area contributed by atoms with Crippen LogP contribution in [-0.2, 0) is 17.6 Å². The molecule has 2 heterocycles. The van der Waals surface area contributed by atoms with Crippen LogP contribution in [0, 0.1) is 6.92 Å². The number of hydrogen-bond acceptors (Lipinski definition) is 7. The molecule has 3 aromatic rings. The van der Waals surface area contributed by atoms with Crippen molar-refractivity contribution in [2.45, 2.75) is 37.8 Å². The number of hydrogen-bond donors (Lipinski definition) is 2. The number of fused-ring (bicyclic) bond motifs is 3. The molecule has 1 aliphatic rings. The number of amides is 1. The van der Waals surface area contributed by atoms with Gasteiger partial charge in [-0.05, 0) is 55.9 Å². The number of benzene rings is 1. The van der Waals surface area contributed by atoms with E-state index in [0.29, 0.717) is 24.1 Å². The molecule has 0 saturated heterocycles. The second-order valence-electron chi connectivity index (χ2n) is 7.09. The van der Waals surface area contributed by atoms with Gasteiger partial charge in [0.25, 0.3) is 0 Å².